The molecule has 0 bridgehead atoms. The summed E-state index contributed by atoms with van der Waals surface area (Å²) in [6.07, 6.45) is 0.934. The van der Waals surface area contributed by atoms with E-state index >= 15 is 0 Å². The van der Waals surface area contributed by atoms with Crippen LogP contribution >= 0.6 is 0 Å². The molecule has 9 heteroatoms. The summed E-state index contributed by atoms with van der Waals surface area (Å²) in [5, 5.41) is 14.8. The van der Waals surface area contributed by atoms with Gasteiger partial charge in [-0.25, -0.2) is 4.39 Å². The zero-order chi connectivity index (χ0) is 26.9. The Labute approximate surface area is 219 Å². The largest absolute Gasteiger partial charge is 0.363 e. The summed E-state index contributed by atoms with van der Waals surface area (Å²) in [5.74, 6) is -1.65. The second-order valence-electron chi connectivity index (χ2n) is 9.65. The van der Waals surface area contributed by atoms with Crippen molar-refractivity contribution < 1.29 is 18.8 Å². The minimum atomic E-state index is -1.07. The SMILES string of the molecule is CN1C(=O)[C@H](NC(=O)C2(NC(=O)c3ccccc3)CC2)CN(Cc2ccc(C#N)cc2)c2ccc(F)cc21. The molecule has 0 aromatic heterocycles. The average Bonchev–Trinajstić information content (AvgIpc) is 3.73. The zero-order valence-corrected chi connectivity index (χ0v) is 20.8. The first-order valence-electron chi connectivity index (χ1n) is 12.3. The van der Waals surface area contributed by atoms with E-state index in [1.54, 1.807) is 55.6 Å². The Bertz CT molecular complexity index is 1430. The number of carbonyl (C=O) groups excluding carboxylic acids is 3. The highest BCUT2D eigenvalue weighted by Gasteiger charge is 2.52. The number of carbonyl (C=O) groups is 3. The Morgan fingerprint density at radius 3 is 2.42 bits per heavy atom. The molecule has 0 spiro atoms. The van der Waals surface area contributed by atoms with E-state index < -0.39 is 29.2 Å². The molecule has 3 amide bonds. The van der Waals surface area contributed by atoms with Gasteiger partial charge in [0.05, 0.1) is 23.0 Å². The van der Waals surface area contributed by atoms with Crippen molar-refractivity contribution in [2.45, 2.75) is 31.0 Å². The van der Waals surface area contributed by atoms with E-state index in [-0.39, 0.29) is 12.5 Å². The smallest absolute Gasteiger partial charge is 0.252 e. The predicted molar refractivity (Wildman–Crippen MR) is 140 cm³/mol. The van der Waals surface area contributed by atoms with Crippen molar-refractivity contribution in [3.8, 4) is 6.07 Å². The van der Waals surface area contributed by atoms with Gasteiger partial charge in [0, 0.05) is 25.7 Å². The summed E-state index contributed by atoms with van der Waals surface area (Å²) in [4.78, 5) is 42.8. The fraction of sp³-hybridized carbons (Fsp3) is 0.241. The van der Waals surface area contributed by atoms with E-state index in [0.29, 0.717) is 41.9 Å². The molecule has 192 valence electrons. The van der Waals surface area contributed by atoms with Gasteiger partial charge in [0.1, 0.15) is 17.4 Å². The van der Waals surface area contributed by atoms with E-state index in [2.05, 4.69) is 16.7 Å². The summed E-state index contributed by atoms with van der Waals surface area (Å²) in [7, 11) is 1.55. The number of nitrogens with zero attached hydrogens (tertiary/aromatic N) is 3. The molecule has 1 saturated carbocycles. The molecular weight excluding hydrogens is 485 g/mol. The molecule has 38 heavy (non-hydrogen) atoms. The minimum absolute atomic E-state index is 0.135. The molecule has 1 aliphatic carbocycles. The van der Waals surface area contributed by atoms with Gasteiger partial charge in [0.2, 0.25) is 5.91 Å². The quantitative estimate of drug-likeness (QED) is 0.529. The van der Waals surface area contributed by atoms with Crippen LogP contribution in [0.2, 0.25) is 0 Å². The highest BCUT2D eigenvalue weighted by molar-refractivity contribution is 6.05. The van der Waals surface area contributed by atoms with E-state index in [0.717, 1.165) is 5.56 Å². The van der Waals surface area contributed by atoms with Gasteiger partial charge in [-0.05, 0) is 60.9 Å². The Kier molecular flexibility index (Phi) is 6.55. The Hall–Kier alpha value is -4.71. The summed E-state index contributed by atoms with van der Waals surface area (Å²) in [6.45, 7) is 0.504. The first-order chi connectivity index (χ1) is 18.3. The number of halogens is 1. The molecular formula is C29H26FN5O3. The average molecular weight is 512 g/mol. The second-order valence-corrected chi connectivity index (χ2v) is 9.65. The molecule has 1 fully saturated rings. The summed E-state index contributed by atoms with van der Waals surface area (Å²) >= 11 is 0. The van der Waals surface area contributed by atoms with Crippen LogP contribution in [0, 0.1) is 17.1 Å². The number of benzene rings is 3. The maximum atomic E-state index is 14.2. The van der Waals surface area contributed by atoms with Crippen molar-refractivity contribution >= 4 is 29.1 Å². The number of hydrogen-bond donors (Lipinski definition) is 2. The normalized spacial score (nSPS) is 17.6. The van der Waals surface area contributed by atoms with Crippen LogP contribution in [0.4, 0.5) is 15.8 Å². The molecule has 1 heterocycles. The molecule has 8 nitrogen and oxygen atoms in total. The van der Waals surface area contributed by atoms with E-state index in [1.165, 1.54) is 17.0 Å². The third-order valence-electron chi connectivity index (χ3n) is 7.01. The van der Waals surface area contributed by atoms with Gasteiger partial charge in [-0.3, -0.25) is 14.4 Å². The first-order valence-corrected chi connectivity index (χ1v) is 12.3. The fourth-order valence-corrected chi connectivity index (χ4v) is 4.65. The van der Waals surface area contributed by atoms with Crippen LogP contribution < -0.4 is 20.4 Å². The predicted octanol–water partition coefficient (Wildman–Crippen LogP) is 3.13. The molecule has 1 atom stereocenters. The van der Waals surface area contributed by atoms with Gasteiger partial charge < -0.3 is 20.4 Å². The van der Waals surface area contributed by atoms with Crippen LogP contribution in [0.15, 0.2) is 72.8 Å². The van der Waals surface area contributed by atoms with Crippen LogP contribution in [0.25, 0.3) is 0 Å². The van der Waals surface area contributed by atoms with Crippen LogP contribution in [-0.4, -0.2) is 42.9 Å². The number of nitrogens with one attached hydrogen (secondary N) is 2. The highest BCUT2D eigenvalue weighted by Crippen LogP contribution is 2.37. The van der Waals surface area contributed by atoms with Crippen molar-refractivity contribution in [1.82, 2.24) is 10.6 Å². The van der Waals surface area contributed by atoms with Gasteiger partial charge in [0.15, 0.2) is 0 Å². The number of nitriles is 1. The summed E-state index contributed by atoms with van der Waals surface area (Å²) < 4.78 is 14.2. The minimum Gasteiger partial charge on any atom is -0.363 e. The van der Waals surface area contributed by atoms with Crippen LogP contribution in [0.3, 0.4) is 0 Å². The topological polar surface area (TPSA) is 106 Å². The van der Waals surface area contributed by atoms with E-state index in [4.69, 9.17) is 5.26 Å². The number of amides is 3. The maximum Gasteiger partial charge on any atom is 0.252 e. The first kappa shape index (κ1) is 25.0. The van der Waals surface area contributed by atoms with Crippen LogP contribution in [0.1, 0.15) is 34.3 Å². The molecule has 3 aromatic carbocycles. The maximum absolute atomic E-state index is 14.2. The van der Waals surface area contributed by atoms with Crippen molar-refractivity contribution in [3.63, 3.8) is 0 Å². The zero-order valence-electron chi connectivity index (χ0n) is 20.8. The monoisotopic (exact) mass is 511 g/mol. The summed E-state index contributed by atoms with van der Waals surface area (Å²) in [5.41, 5.74) is 1.81. The van der Waals surface area contributed by atoms with Crippen molar-refractivity contribution in [2.75, 3.05) is 23.4 Å². The van der Waals surface area contributed by atoms with E-state index in [9.17, 15) is 18.8 Å². The molecule has 0 saturated heterocycles. The molecule has 2 N–H and O–H groups in total. The molecule has 2 aliphatic rings. The number of likely N-dealkylation sites (N-methyl/N-ethyl adjacent to an activating group) is 1. The Morgan fingerprint density at radius 1 is 1.05 bits per heavy atom. The number of anilines is 2. The van der Waals surface area contributed by atoms with Gasteiger partial charge in [-0.1, -0.05) is 30.3 Å². The molecule has 3 aromatic rings. The third kappa shape index (κ3) is 4.93. The molecule has 0 unspecified atom stereocenters. The Balaban J connectivity index is 1.39. The third-order valence-corrected chi connectivity index (χ3v) is 7.01. The van der Waals surface area contributed by atoms with Crippen molar-refractivity contribution in [3.05, 3.63) is 95.3 Å². The van der Waals surface area contributed by atoms with Crippen molar-refractivity contribution in [2.24, 2.45) is 0 Å². The number of fused-ring (bicyclic) bond motifs is 1. The molecule has 1 aliphatic heterocycles. The number of rotatable bonds is 6. The van der Waals surface area contributed by atoms with Gasteiger partial charge in [-0.2, -0.15) is 5.26 Å². The number of hydrogen-bond acceptors (Lipinski definition) is 5. The lowest BCUT2D eigenvalue weighted by atomic mass is 10.1. The van der Waals surface area contributed by atoms with Gasteiger partial charge >= 0.3 is 0 Å². The van der Waals surface area contributed by atoms with E-state index in [1.807, 2.05) is 17.0 Å². The summed E-state index contributed by atoms with van der Waals surface area (Å²) in [6, 6.07) is 21.1. The standard InChI is InChI=1S/C29H26FN5O3/c1-34-25-15-22(30)11-12-24(25)35(17-20-9-7-19(16-31)8-10-20)18-23(27(34)37)32-28(38)29(13-14-29)33-26(36)21-5-3-2-4-6-21/h2-12,15,23H,13-14,17-18H2,1H3,(H,32,38)(H,33,36)/t23-/m1/s1. The molecule has 5 rings (SSSR count). The Morgan fingerprint density at radius 2 is 1.76 bits per heavy atom. The van der Waals surface area contributed by atoms with Crippen LogP contribution in [-0.2, 0) is 16.1 Å². The van der Waals surface area contributed by atoms with Crippen molar-refractivity contribution in [1.29, 1.82) is 5.26 Å². The van der Waals surface area contributed by atoms with Crippen LogP contribution in [0.5, 0.6) is 0 Å². The fourth-order valence-electron chi connectivity index (χ4n) is 4.65. The van der Waals surface area contributed by atoms with Gasteiger partial charge in [0.25, 0.3) is 11.8 Å². The highest BCUT2D eigenvalue weighted by atomic mass is 19.1. The van der Waals surface area contributed by atoms with Gasteiger partial charge in [-0.15, -0.1) is 0 Å². The second kappa shape index (κ2) is 9.98. The lowest BCUT2D eigenvalue weighted by molar-refractivity contribution is -0.129. The molecule has 0 radical (unpaired) electrons. The lowest BCUT2D eigenvalue weighted by Crippen LogP contribution is -2.57. The lowest BCUT2D eigenvalue weighted by Gasteiger charge is -2.28.